The molecule has 0 aliphatic rings. The first kappa shape index (κ1) is 14.0. The molecule has 2 N–H and O–H groups in total. The molecule has 0 aliphatic carbocycles. The molecule has 0 amide bonds. The van der Waals surface area contributed by atoms with Crippen LogP contribution in [0, 0.1) is 10.1 Å². The first-order chi connectivity index (χ1) is 8.29. The number of hydrogen-bond acceptors (Lipinski definition) is 3. The lowest BCUT2D eigenvalue weighted by molar-refractivity contribution is -0.403. The lowest BCUT2D eigenvalue weighted by Crippen LogP contribution is -2.05. The first-order valence-corrected chi connectivity index (χ1v) is 5.05. The van der Waals surface area contributed by atoms with Crippen LogP contribution in [0.1, 0.15) is 17.5 Å². The van der Waals surface area contributed by atoms with Crippen molar-refractivity contribution in [1.29, 1.82) is 0 Å². The van der Waals surface area contributed by atoms with Crippen LogP contribution in [0.3, 0.4) is 0 Å². The molecule has 0 aliphatic heterocycles. The Hall–Kier alpha value is -2.05. The van der Waals surface area contributed by atoms with Crippen molar-refractivity contribution >= 4 is 0 Å². The molecule has 0 unspecified atom stereocenters. The third-order valence-corrected chi connectivity index (χ3v) is 2.25. The zero-order chi connectivity index (χ0) is 13.8. The fourth-order valence-electron chi connectivity index (χ4n) is 1.35. The first-order valence-electron chi connectivity index (χ1n) is 5.05. The summed E-state index contributed by atoms with van der Waals surface area (Å²) in [6.07, 6.45) is -3.09. The third kappa shape index (κ3) is 4.44. The van der Waals surface area contributed by atoms with E-state index in [0.29, 0.717) is 18.2 Å². The minimum atomic E-state index is -4.36. The summed E-state index contributed by atoms with van der Waals surface area (Å²) in [4.78, 5) is 9.44. The van der Waals surface area contributed by atoms with E-state index in [1.54, 1.807) is 0 Å². The van der Waals surface area contributed by atoms with Crippen LogP contribution in [0.15, 0.2) is 36.2 Å². The number of nitro groups is 1. The van der Waals surface area contributed by atoms with E-state index in [9.17, 15) is 23.3 Å². The highest BCUT2D eigenvalue weighted by atomic mass is 19.4. The van der Waals surface area contributed by atoms with Crippen LogP contribution >= 0.6 is 0 Å². The van der Waals surface area contributed by atoms with Crippen molar-refractivity contribution in [3.63, 3.8) is 0 Å². The van der Waals surface area contributed by atoms with Gasteiger partial charge in [0.1, 0.15) is 0 Å². The highest BCUT2D eigenvalue weighted by Crippen LogP contribution is 2.29. The molecule has 1 aromatic rings. The molecule has 0 bridgehead atoms. The normalized spacial score (nSPS) is 12.5. The molecule has 0 atom stereocenters. The summed E-state index contributed by atoms with van der Waals surface area (Å²) in [5.74, 6) is 0. The number of allylic oxidation sites excluding steroid dienone is 1. The Balaban J connectivity index is 2.63. The van der Waals surface area contributed by atoms with Gasteiger partial charge in [-0.25, -0.2) is 0 Å². The molecule has 98 valence electrons. The van der Waals surface area contributed by atoms with Gasteiger partial charge in [0.05, 0.1) is 16.2 Å². The van der Waals surface area contributed by atoms with E-state index in [1.807, 2.05) is 0 Å². The van der Waals surface area contributed by atoms with Crippen molar-refractivity contribution in [3.8, 4) is 0 Å². The Bertz CT molecular complexity index is 452. The average Bonchev–Trinajstić information content (AvgIpc) is 2.25. The molecular weight excluding hydrogens is 249 g/mol. The summed E-state index contributed by atoms with van der Waals surface area (Å²) < 4.78 is 36.8. The highest BCUT2D eigenvalue weighted by Gasteiger charge is 2.29. The van der Waals surface area contributed by atoms with Crippen molar-refractivity contribution in [1.82, 2.24) is 0 Å². The summed E-state index contributed by atoms with van der Waals surface area (Å²) in [5.41, 5.74) is 5.36. The van der Waals surface area contributed by atoms with Crippen LogP contribution < -0.4 is 5.73 Å². The molecule has 0 heterocycles. The van der Waals surface area contributed by atoms with Gasteiger partial charge in [0.25, 0.3) is 6.20 Å². The van der Waals surface area contributed by atoms with Crippen LogP contribution in [0.4, 0.5) is 13.2 Å². The number of nitrogens with two attached hydrogens (primary N) is 1. The molecule has 0 spiro atoms. The minimum Gasteiger partial charge on any atom is -0.397 e. The Morgan fingerprint density at radius 1 is 1.33 bits per heavy atom. The van der Waals surface area contributed by atoms with Crippen molar-refractivity contribution in [3.05, 3.63) is 57.4 Å². The van der Waals surface area contributed by atoms with Gasteiger partial charge < -0.3 is 5.73 Å². The largest absolute Gasteiger partial charge is 0.416 e. The Morgan fingerprint density at radius 3 is 2.33 bits per heavy atom. The number of nitrogens with zero attached hydrogens (tertiary/aromatic N) is 1. The van der Waals surface area contributed by atoms with Gasteiger partial charge in [-0.15, -0.1) is 0 Å². The second-order valence-electron chi connectivity index (χ2n) is 3.68. The summed E-state index contributed by atoms with van der Waals surface area (Å²) >= 11 is 0. The maximum absolute atomic E-state index is 12.3. The average molecular weight is 260 g/mol. The van der Waals surface area contributed by atoms with Gasteiger partial charge in [-0.05, 0) is 30.5 Å². The van der Waals surface area contributed by atoms with Gasteiger partial charge in [-0.1, -0.05) is 12.1 Å². The van der Waals surface area contributed by atoms with Crippen LogP contribution in [-0.4, -0.2) is 4.92 Å². The van der Waals surface area contributed by atoms with E-state index in [1.165, 1.54) is 12.1 Å². The molecule has 4 nitrogen and oxygen atoms in total. The lowest BCUT2D eigenvalue weighted by atomic mass is 10.1. The van der Waals surface area contributed by atoms with E-state index in [2.05, 4.69) is 0 Å². The molecule has 1 aromatic carbocycles. The van der Waals surface area contributed by atoms with Crippen molar-refractivity contribution < 1.29 is 18.1 Å². The highest BCUT2D eigenvalue weighted by molar-refractivity contribution is 5.25. The standard InChI is InChI=1S/C11H11F3N2O2/c12-11(13,14)9-4-1-8(2-5-9)3-6-10(15)7-16(17)18/h1-2,4-5,7H,3,6,15H2/b10-7-. The molecule has 0 fully saturated rings. The molecule has 7 heteroatoms. The van der Waals surface area contributed by atoms with Crippen molar-refractivity contribution in [2.75, 3.05) is 0 Å². The van der Waals surface area contributed by atoms with E-state index in [4.69, 9.17) is 5.73 Å². The Morgan fingerprint density at radius 2 is 1.89 bits per heavy atom. The van der Waals surface area contributed by atoms with Crippen LogP contribution in [-0.2, 0) is 12.6 Å². The SMILES string of the molecule is N/C(=C\[N+](=O)[O-])CCc1ccc(C(F)(F)F)cc1. The zero-order valence-corrected chi connectivity index (χ0v) is 9.28. The summed E-state index contributed by atoms with van der Waals surface area (Å²) in [6.45, 7) is 0. The monoisotopic (exact) mass is 260 g/mol. The van der Waals surface area contributed by atoms with Gasteiger partial charge in [-0.3, -0.25) is 10.1 Å². The second kappa shape index (κ2) is 5.52. The van der Waals surface area contributed by atoms with Gasteiger partial charge in [0.15, 0.2) is 0 Å². The fraction of sp³-hybridized carbons (Fsp3) is 0.273. The predicted octanol–water partition coefficient (Wildman–Crippen LogP) is 2.71. The number of halogens is 3. The van der Waals surface area contributed by atoms with E-state index in [-0.39, 0.29) is 12.1 Å². The Kier molecular flexibility index (Phi) is 4.30. The molecule has 0 saturated heterocycles. The minimum absolute atomic E-state index is 0.0832. The van der Waals surface area contributed by atoms with E-state index < -0.39 is 16.7 Å². The third-order valence-electron chi connectivity index (χ3n) is 2.25. The number of benzene rings is 1. The molecule has 0 saturated carbocycles. The van der Waals surface area contributed by atoms with Gasteiger partial charge in [-0.2, -0.15) is 13.2 Å². The van der Waals surface area contributed by atoms with Crippen LogP contribution in [0.5, 0.6) is 0 Å². The number of alkyl halides is 3. The van der Waals surface area contributed by atoms with Crippen molar-refractivity contribution in [2.24, 2.45) is 5.73 Å². The number of hydrogen-bond donors (Lipinski definition) is 1. The molecular formula is C11H11F3N2O2. The molecule has 0 radical (unpaired) electrons. The Labute approximate surface area is 101 Å². The fourth-order valence-corrected chi connectivity index (χ4v) is 1.35. The van der Waals surface area contributed by atoms with Crippen LogP contribution in [0.2, 0.25) is 0 Å². The maximum atomic E-state index is 12.3. The smallest absolute Gasteiger partial charge is 0.397 e. The van der Waals surface area contributed by atoms with Gasteiger partial charge >= 0.3 is 6.18 Å². The molecule has 18 heavy (non-hydrogen) atoms. The quantitative estimate of drug-likeness (QED) is 0.668. The second-order valence-corrected chi connectivity index (χ2v) is 3.68. The van der Waals surface area contributed by atoms with Gasteiger partial charge in [0, 0.05) is 0 Å². The summed E-state index contributed by atoms with van der Waals surface area (Å²) in [5, 5.41) is 10.1. The molecule has 1 rings (SSSR count). The van der Waals surface area contributed by atoms with Crippen LogP contribution in [0.25, 0.3) is 0 Å². The maximum Gasteiger partial charge on any atom is 0.416 e. The topological polar surface area (TPSA) is 69.2 Å². The summed E-state index contributed by atoms with van der Waals surface area (Å²) in [6, 6.07) is 4.62. The molecule has 0 aromatic heterocycles. The summed E-state index contributed by atoms with van der Waals surface area (Å²) in [7, 11) is 0. The number of rotatable bonds is 4. The zero-order valence-electron chi connectivity index (χ0n) is 9.28. The van der Waals surface area contributed by atoms with E-state index in [0.717, 1.165) is 12.1 Å². The van der Waals surface area contributed by atoms with Crippen molar-refractivity contribution in [2.45, 2.75) is 19.0 Å². The lowest BCUT2D eigenvalue weighted by Gasteiger charge is -2.07. The predicted molar refractivity (Wildman–Crippen MR) is 59.0 cm³/mol. The van der Waals surface area contributed by atoms with E-state index >= 15 is 0 Å². The number of aryl methyl sites for hydroxylation is 1. The van der Waals surface area contributed by atoms with Gasteiger partial charge in [0.2, 0.25) is 0 Å².